The lowest BCUT2D eigenvalue weighted by Crippen LogP contribution is -2.31. The topological polar surface area (TPSA) is 75.4 Å². The summed E-state index contributed by atoms with van der Waals surface area (Å²) in [5.41, 5.74) is 0.682. The van der Waals surface area contributed by atoms with Gasteiger partial charge in [0.15, 0.2) is 0 Å². The Morgan fingerprint density at radius 1 is 1.11 bits per heavy atom. The molecule has 1 aliphatic heterocycles. The van der Waals surface area contributed by atoms with E-state index in [1.54, 1.807) is 41.7 Å². The predicted octanol–water partition coefficient (Wildman–Crippen LogP) is 3.46. The third kappa shape index (κ3) is 3.36. The van der Waals surface area contributed by atoms with Crippen LogP contribution in [0.1, 0.15) is 22.9 Å². The van der Waals surface area contributed by atoms with Gasteiger partial charge >= 0.3 is 0 Å². The number of nitrogens with zero attached hydrogens (tertiary/aromatic N) is 3. The molecule has 142 valence electrons. The minimum absolute atomic E-state index is 0.130. The van der Waals surface area contributed by atoms with Gasteiger partial charge in [-0.1, -0.05) is 36.4 Å². The number of Topliss-reactive ketones (excluding diaryl/α,β-unsaturated/α-hetero) is 1. The first kappa shape index (κ1) is 18.2. The van der Waals surface area contributed by atoms with Gasteiger partial charge in [0.25, 0.3) is 11.7 Å². The highest BCUT2D eigenvalue weighted by Crippen LogP contribution is 2.41. The van der Waals surface area contributed by atoms with Crippen molar-refractivity contribution in [1.29, 1.82) is 0 Å². The number of aliphatic hydroxyl groups is 1. The van der Waals surface area contributed by atoms with Crippen LogP contribution in [0.25, 0.3) is 5.76 Å². The lowest BCUT2D eigenvalue weighted by molar-refractivity contribution is -0.139. The maximum Gasteiger partial charge on any atom is 0.295 e. The molecule has 0 radical (unpaired) electrons. The largest absolute Gasteiger partial charge is 0.507 e. The fraction of sp³-hybridized carbons (Fsp3) is 0.190. The van der Waals surface area contributed by atoms with Gasteiger partial charge in [-0.15, -0.1) is 11.3 Å². The quantitative estimate of drug-likeness (QED) is 0.395. The zero-order valence-corrected chi connectivity index (χ0v) is 15.9. The zero-order chi connectivity index (χ0) is 19.5. The molecule has 1 saturated heterocycles. The zero-order valence-electron chi connectivity index (χ0n) is 15.1. The molecule has 0 saturated carbocycles. The molecule has 0 spiro atoms. The van der Waals surface area contributed by atoms with E-state index in [1.807, 2.05) is 34.3 Å². The third-order valence-corrected chi connectivity index (χ3v) is 5.70. The molecule has 7 heteroatoms. The van der Waals surface area contributed by atoms with Crippen LogP contribution in [0.3, 0.4) is 0 Å². The van der Waals surface area contributed by atoms with E-state index in [1.165, 1.54) is 11.3 Å². The summed E-state index contributed by atoms with van der Waals surface area (Å²) in [6, 6.07) is 12.1. The number of hydrogen-bond acceptors (Lipinski definition) is 5. The number of imidazole rings is 1. The van der Waals surface area contributed by atoms with E-state index < -0.39 is 17.7 Å². The normalized spacial score (nSPS) is 18.7. The Kier molecular flexibility index (Phi) is 5.08. The molecule has 1 N–H and O–H groups in total. The third-order valence-electron chi connectivity index (χ3n) is 4.77. The molecule has 1 fully saturated rings. The summed E-state index contributed by atoms with van der Waals surface area (Å²) < 4.78 is 1.93. The second-order valence-corrected chi connectivity index (χ2v) is 7.51. The first-order valence-electron chi connectivity index (χ1n) is 9.00. The molecule has 1 aliphatic rings. The number of carbonyl (C=O) groups is 2. The Morgan fingerprint density at radius 2 is 1.93 bits per heavy atom. The highest BCUT2D eigenvalue weighted by molar-refractivity contribution is 7.10. The number of likely N-dealkylation sites (tertiary alicyclic amines) is 1. The molecule has 1 atom stereocenters. The van der Waals surface area contributed by atoms with Gasteiger partial charge in [0.2, 0.25) is 0 Å². The summed E-state index contributed by atoms with van der Waals surface area (Å²) in [7, 11) is 0. The smallest absolute Gasteiger partial charge is 0.295 e. The van der Waals surface area contributed by atoms with Gasteiger partial charge in [-0.25, -0.2) is 4.98 Å². The second kappa shape index (κ2) is 7.82. The fourth-order valence-electron chi connectivity index (χ4n) is 3.45. The number of thiophene rings is 1. The molecule has 3 aromatic rings. The minimum atomic E-state index is -0.637. The number of benzene rings is 1. The molecule has 6 nitrogen and oxygen atoms in total. The maximum atomic E-state index is 12.8. The molecule has 2 aromatic heterocycles. The summed E-state index contributed by atoms with van der Waals surface area (Å²) in [6.45, 7) is 1.11. The fourth-order valence-corrected chi connectivity index (χ4v) is 4.29. The number of rotatable bonds is 6. The van der Waals surface area contributed by atoms with E-state index in [4.69, 9.17) is 0 Å². The number of aromatic nitrogens is 2. The second-order valence-electron chi connectivity index (χ2n) is 6.53. The number of aliphatic hydroxyl groups excluding tert-OH is 1. The first-order chi connectivity index (χ1) is 13.7. The van der Waals surface area contributed by atoms with Crippen molar-refractivity contribution < 1.29 is 14.7 Å². The molecule has 28 heavy (non-hydrogen) atoms. The Hall–Kier alpha value is -3.19. The molecule has 0 bridgehead atoms. The monoisotopic (exact) mass is 393 g/mol. The molecule has 1 unspecified atom stereocenters. The Bertz CT molecular complexity index is 995. The van der Waals surface area contributed by atoms with Crippen molar-refractivity contribution >= 4 is 28.8 Å². The minimum Gasteiger partial charge on any atom is -0.507 e. The van der Waals surface area contributed by atoms with Crippen LogP contribution in [0.5, 0.6) is 0 Å². The van der Waals surface area contributed by atoms with Gasteiger partial charge in [0.1, 0.15) is 5.76 Å². The summed E-state index contributed by atoms with van der Waals surface area (Å²) in [5.74, 6) is -1.33. The standard InChI is InChI=1S/C21H19N3O3S/c25-19(15-6-2-1-3-7-15)17-18(16-8-4-13-28-16)24(21(27)20(17)26)11-5-10-23-12-9-22-14-23/h1-4,6-9,12-14,18,25H,5,10-11H2/b19-17-. The van der Waals surface area contributed by atoms with E-state index >= 15 is 0 Å². The average molecular weight is 393 g/mol. The average Bonchev–Trinajstić information content (AvgIpc) is 3.46. The molecule has 0 aliphatic carbocycles. The SMILES string of the molecule is O=C1C(=O)N(CCCn2ccnc2)C(c2cccs2)/C1=C(/O)c1ccccc1. The number of amides is 1. The lowest BCUT2D eigenvalue weighted by atomic mass is 10.00. The summed E-state index contributed by atoms with van der Waals surface area (Å²) in [6.07, 6.45) is 5.97. The number of carbonyl (C=O) groups excluding carboxylic acids is 2. The molecular formula is C21H19N3O3S. The van der Waals surface area contributed by atoms with Crippen LogP contribution in [0, 0.1) is 0 Å². The highest BCUT2D eigenvalue weighted by atomic mass is 32.1. The van der Waals surface area contributed by atoms with E-state index in [-0.39, 0.29) is 11.3 Å². The van der Waals surface area contributed by atoms with Crippen LogP contribution >= 0.6 is 11.3 Å². The van der Waals surface area contributed by atoms with Gasteiger partial charge in [-0.3, -0.25) is 9.59 Å². The highest BCUT2D eigenvalue weighted by Gasteiger charge is 2.46. The van der Waals surface area contributed by atoms with Gasteiger partial charge in [0, 0.05) is 35.9 Å². The van der Waals surface area contributed by atoms with Crippen molar-refractivity contribution in [2.24, 2.45) is 0 Å². The maximum absolute atomic E-state index is 12.8. The van der Waals surface area contributed by atoms with Gasteiger partial charge in [-0.2, -0.15) is 0 Å². The van der Waals surface area contributed by atoms with Crippen LogP contribution in [0.15, 0.2) is 72.1 Å². The number of aryl methyl sites for hydroxylation is 1. The van der Waals surface area contributed by atoms with Crippen molar-refractivity contribution in [1.82, 2.24) is 14.5 Å². The van der Waals surface area contributed by atoms with Crippen LogP contribution in [-0.4, -0.2) is 37.8 Å². The van der Waals surface area contributed by atoms with E-state index in [9.17, 15) is 14.7 Å². The van der Waals surface area contributed by atoms with E-state index in [0.29, 0.717) is 25.1 Å². The molecule has 3 heterocycles. The van der Waals surface area contributed by atoms with Crippen molar-refractivity contribution in [3.8, 4) is 0 Å². The van der Waals surface area contributed by atoms with Gasteiger partial charge in [0.05, 0.1) is 17.9 Å². The van der Waals surface area contributed by atoms with E-state index in [2.05, 4.69) is 4.98 Å². The number of ketones is 1. The van der Waals surface area contributed by atoms with Crippen LogP contribution in [0.4, 0.5) is 0 Å². The summed E-state index contributed by atoms with van der Waals surface area (Å²) in [5, 5.41) is 12.7. The van der Waals surface area contributed by atoms with Crippen molar-refractivity contribution in [3.05, 3.63) is 82.6 Å². The molecule has 1 aromatic carbocycles. The first-order valence-corrected chi connectivity index (χ1v) is 9.88. The van der Waals surface area contributed by atoms with Crippen molar-refractivity contribution in [3.63, 3.8) is 0 Å². The summed E-state index contributed by atoms with van der Waals surface area (Å²) in [4.78, 5) is 32.0. The van der Waals surface area contributed by atoms with Gasteiger partial charge in [-0.05, 0) is 17.9 Å². The van der Waals surface area contributed by atoms with Crippen LogP contribution in [-0.2, 0) is 16.1 Å². The predicted molar refractivity (Wildman–Crippen MR) is 107 cm³/mol. The lowest BCUT2D eigenvalue weighted by Gasteiger charge is -2.24. The summed E-state index contributed by atoms with van der Waals surface area (Å²) >= 11 is 1.47. The van der Waals surface area contributed by atoms with Crippen molar-refractivity contribution in [2.75, 3.05) is 6.54 Å². The molecular weight excluding hydrogens is 374 g/mol. The molecule has 1 amide bonds. The Morgan fingerprint density at radius 3 is 2.61 bits per heavy atom. The number of hydrogen-bond donors (Lipinski definition) is 1. The van der Waals surface area contributed by atoms with E-state index in [0.717, 1.165) is 4.88 Å². The molecule has 4 rings (SSSR count). The Labute approximate surface area is 166 Å². The van der Waals surface area contributed by atoms with Crippen molar-refractivity contribution in [2.45, 2.75) is 19.0 Å². The van der Waals surface area contributed by atoms with Crippen LogP contribution in [0.2, 0.25) is 0 Å². The Balaban J connectivity index is 1.68. The van der Waals surface area contributed by atoms with Gasteiger partial charge < -0.3 is 14.6 Å². The van der Waals surface area contributed by atoms with Crippen LogP contribution < -0.4 is 0 Å².